The van der Waals surface area contributed by atoms with Gasteiger partial charge >= 0.3 is 0 Å². The zero-order valence-electron chi connectivity index (χ0n) is 16.3. The second-order valence-electron chi connectivity index (χ2n) is 7.10. The highest BCUT2D eigenvalue weighted by Gasteiger charge is 2.30. The molecule has 0 aliphatic carbocycles. The summed E-state index contributed by atoms with van der Waals surface area (Å²) < 4.78 is 27.1. The Morgan fingerprint density at radius 1 is 0.893 bits per heavy atom. The summed E-state index contributed by atoms with van der Waals surface area (Å²) in [7, 11) is -3.65. The number of hydrogen-bond donors (Lipinski definition) is 0. The molecular weight excluding hydrogens is 376 g/mol. The van der Waals surface area contributed by atoms with E-state index in [-0.39, 0.29) is 29.7 Å². The molecule has 0 radical (unpaired) electrons. The molecule has 0 aromatic heterocycles. The normalized spacial score (nSPS) is 15.5. The van der Waals surface area contributed by atoms with Gasteiger partial charge in [-0.1, -0.05) is 29.8 Å². The maximum atomic E-state index is 12.9. The molecule has 7 heteroatoms. The molecular formula is C21H24N2O4S. The Labute approximate surface area is 165 Å². The molecule has 2 aromatic carbocycles. The number of rotatable bonds is 4. The van der Waals surface area contributed by atoms with Crippen LogP contribution in [0.25, 0.3) is 0 Å². The van der Waals surface area contributed by atoms with Crippen molar-refractivity contribution in [3.8, 4) is 0 Å². The zero-order chi connectivity index (χ0) is 20.5. The fourth-order valence-corrected chi connectivity index (χ4v) is 4.70. The lowest BCUT2D eigenvalue weighted by molar-refractivity contribution is 0.0697. The molecule has 1 amide bonds. The van der Waals surface area contributed by atoms with Gasteiger partial charge in [0.1, 0.15) is 0 Å². The topological polar surface area (TPSA) is 74.8 Å². The summed E-state index contributed by atoms with van der Waals surface area (Å²) in [6, 6.07) is 11.7. The summed E-state index contributed by atoms with van der Waals surface area (Å²) in [6.07, 6.45) is 0. The molecule has 2 aromatic rings. The second kappa shape index (κ2) is 7.85. The van der Waals surface area contributed by atoms with Crippen molar-refractivity contribution in [1.29, 1.82) is 0 Å². The number of ketones is 1. The van der Waals surface area contributed by atoms with Crippen LogP contribution in [0.5, 0.6) is 0 Å². The summed E-state index contributed by atoms with van der Waals surface area (Å²) in [5.41, 5.74) is 3.07. The van der Waals surface area contributed by atoms with Crippen molar-refractivity contribution in [3.63, 3.8) is 0 Å². The molecule has 0 unspecified atom stereocenters. The largest absolute Gasteiger partial charge is 0.336 e. The SMILES string of the molecule is CC(=O)c1ccc(S(=O)(=O)N2CCN(C(=O)c3cc(C)ccc3C)CC2)cc1. The Kier molecular flexibility index (Phi) is 5.67. The maximum absolute atomic E-state index is 12.9. The van der Waals surface area contributed by atoms with Crippen LogP contribution in [0.2, 0.25) is 0 Å². The third-order valence-electron chi connectivity index (χ3n) is 5.05. The first-order chi connectivity index (χ1) is 13.2. The van der Waals surface area contributed by atoms with Crippen LogP contribution in [0, 0.1) is 13.8 Å². The number of sulfonamides is 1. The molecule has 148 valence electrons. The zero-order valence-corrected chi connectivity index (χ0v) is 17.1. The number of benzene rings is 2. The van der Waals surface area contributed by atoms with Gasteiger partial charge in [0.25, 0.3) is 5.91 Å². The van der Waals surface area contributed by atoms with Crippen LogP contribution < -0.4 is 0 Å². The lowest BCUT2D eigenvalue weighted by Gasteiger charge is -2.34. The average Bonchev–Trinajstić information content (AvgIpc) is 2.69. The molecule has 1 fully saturated rings. The van der Waals surface area contributed by atoms with E-state index in [0.29, 0.717) is 24.2 Å². The van der Waals surface area contributed by atoms with E-state index in [1.165, 1.54) is 35.5 Å². The lowest BCUT2D eigenvalue weighted by atomic mass is 10.0. The quantitative estimate of drug-likeness (QED) is 0.740. The van der Waals surface area contributed by atoms with Crippen molar-refractivity contribution in [3.05, 3.63) is 64.7 Å². The van der Waals surface area contributed by atoms with Gasteiger partial charge in [-0.3, -0.25) is 9.59 Å². The number of nitrogens with zero attached hydrogens (tertiary/aromatic N) is 2. The van der Waals surface area contributed by atoms with E-state index < -0.39 is 10.0 Å². The summed E-state index contributed by atoms with van der Waals surface area (Å²) in [5.74, 6) is -0.174. The Hall–Kier alpha value is -2.51. The van der Waals surface area contributed by atoms with Gasteiger partial charge in [0, 0.05) is 37.3 Å². The van der Waals surface area contributed by atoms with Crippen LogP contribution in [0.4, 0.5) is 0 Å². The molecule has 0 bridgehead atoms. The Bertz CT molecular complexity index is 1010. The van der Waals surface area contributed by atoms with Gasteiger partial charge in [0.05, 0.1) is 4.90 Å². The highest BCUT2D eigenvalue weighted by Crippen LogP contribution is 2.20. The van der Waals surface area contributed by atoms with Crippen molar-refractivity contribution in [1.82, 2.24) is 9.21 Å². The van der Waals surface area contributed by atoms with E-state index in [1.807, 2.05) is 32.0 Å². The smallest absolute Gasteiger partial charge is 0.254 e. The molecule has 3 rings (SSSR count). The molecule has 1 saturated heterocycles. The molecule has 1 aliphatic rings. The highest BCUT2D eigenvalue weighted by atomic mass is 32.2. The van der Waals surface area contributed by atoms with Crippen LogP contribution in [0.1, 0.15) is 38.8 Å². The van der Waals surface area contributed by atoms with Gasteiger partial charge in [0.15, 0.2) is 5.78 Å². The van der Waals surface area contributed by atoms with Crippen molar-refractivity contribution in [2.45, 2.75) is 25.7 Å². The number of hydrogen-bond acceptors (Lipinski definition) is 4. The van der Waals surface area contributed by atoms with Crippen LogP contribution >= 0.6 is 0 Å². The molecule has 0 saturated carbocycles. The van der Waals surface area contributed by atoms with Crippen molar-refractivity contribution < 1.29 is 18.0 Å². The minimum atomic E-state index is -3.65. The highest BCUT2D eigenvalue weighted by molar-refractivity contribution is 7.89. The van der Waals surface area contributed by atoms with Gasteiger partial charge in [-0.15, -0.1) is 0 Å². The van der Waals surface area contributed by atoms with Gasteiger partial charge in [0.2, 0.25) is 10.0 Å². The summed E-state index contributed by atoms with van der Waals surface area (Å²) in [4.78, 5) is 26.1. The third kappa shape index (κ3) is 4.00. The number of aryl methyl sites for hydroxylation is 2. The molecule has 1 aliphatic heterocycles. The van der Waals surface area contributed by atoms with Gasteiger partial charge in [-0.05, 0) is 44.5 Å². The number of carbonyl (C=O) groups excluding carboxylic acids is 2. The average molecular weight is 401 g/mol. The second-order valence-corrected chi connectivity index (χ2v) is 9.03. The van der Waals surface area contributed by atoms with Crippen molar-refractivity contribution in [2.75, 3.05) is 26.2 Å². The molecule has 1 heterocycles. The van der Waals surface area contributed by atoms with Crippen molar-refractivity contribution in [2.24, 2.45) is 0 Å². The molecule has 0 atom stereocenters. The molecule has 28 heavy (non-hydrogen) atoms. The van der Waals surface area contributed by atoms with Crippen LogP contribution in [0.15, 0.2) is 47.4 Å². The van der Waals surface area contributed by atoms with E-state index in [1.54, 1.807) is 4.90 Å². The molecule has 0 spiro atoms. The minimum absolute atomic E-state index is 0.0657. The van der Waals surface area contributed by atoms with E-state index in [0.717, 1.165) is 11.1 Å². The Morgan fingerprint density at radius 3 is 2.07 bits per heavy atom. The standard InChI is InChI=1S/C21H24N2O4S/c1-15-4-5-16(2)20(14-15)21(25)22-10-12-23(13-11-22)28(26,27)19-8-6-18(7-9-19)17(3)24/h4-9,14H,10-13H2,1-3H3. The first-order valence-electron chi connectivity index (χ1n) is 9.18. The summed E-state index contributed by atoms with van der Waals surface area (Å²) >= 11 is 0. The monoisotopic (exact) mass is 400 g/mol. The van der Waals surface area contributed by atoms with Gasteiger partial charge < -0.3 is 4.90 Å². The number of piperazine rings is 1. The Morgan fingerprint density at radius 2 is 1.50 bits per heavy atom. The first kappa shape index (κ1) is 20.2. The fraction of sp³-hybridized carbons (Fsp3) is 0.333. The first-order valence-corrected chi connectivity index (χ1v) is 10.6. The predicted octanol–water partition coefficient (Wildman–Crippen LogP) is 2.65. The van der Waals surface area contributed by atoms with E-state index in [9.17, 15) is 18.0 Å². The fourth-order valence-electron chi connectivity index (χ4n) is 3.28. The lowest BCUT2D eigenvalue weighted by Crippen LogP contribution is -2.50. The summed E-state index contributed by atoms with van der Waals surface area (Å²) in [6.45, 7) is 6.46. The Balaban J connectivity index is 1.71. The predicted molar refractivity (Wildman–Crippen MR) is 107 cm³/mol. The van der Waals surface area contributed by atoms with Crippen LogP contribution in [-0.4, -0.2) is 55.5 Å². The van der Waals surface area contributed by atoms with E-state index in [4.69, 9.17) is 0 Å². The van der Waals surface area contributed by atoms with E-state index >= 15 is 0 Å². The van der Waals surface area contributed by atoms with Gasteiger partial charge in [-0.2, -0.15) is 4.31 Å². The molecule has 0 N–H and O–H groups in total. The third-order valence-corrected chi connectivity index (χ3v) is 6.96. The van der Waals surface area contributed by atoms with Crippen LogP contribution in [-0.2, 0) is 10.0 Å². The molecule has 6 nitrogen and oxygen atoms in total. The van der Waals surface area contributed by atoms with Gasteiger partial charge in [-0.25, -0.2) is 8.42 Å². The number of carbonyl (C=O) groups is 2. The number of Topliss-reactive ketones (excluding diaryl/α,β-unsaturated/α-hetero) is 1. The number of amides is 1. The minimum Gasteiger partial charge on any atom is -0.336 e. The maximum Gasteiger partial charge on any atom is 0.254 e. The van der Waals surface area contributed by atoms with E-state index in [2.05, 4.69) is 0 Å². The summed E-state index contributed by atoms with van der Waals surface area (Å²) in [5, 5.41) is 0. The van der Waals surface area contributed by atoms with Crippen molar-refractivity contribution >= 4 is 21.7 Å². The van der Waals surface area contributed by atoms with Crippen LogP contribution in [0.3, 0.4) is 0 Å².